The first-order valence-corrected chi connectivity index (χ1v) is 20.9. The van der Waals surface area contributed by atoms with Crippen molar-refractivity contribution in [3.8, 4) is 0 Å². The molecule has 5 aromatic rings. The zero-order chi connectivity index (χ0) is 41.4. The molecule has 1 aliphatic carbocycles. The molecule has 0 spiro atoms. The Hall–Kier alpha value is -5.88. The van der Waals surface area contributed by atoms with E-state index in [0.29, 0.717) is 80.4 Å². The van der Waals surface area contributed by atoms with Gasteiger partial charge in [-0.3, -0.25) is 38.6 Å². The zero-order valence-electron chi connectivity index (χ0n) is 33.7. The molecule has 314 valence electrons. The molecule has 5 aliphatic rings. The minimum atomic E-state index is -2.91. The van der Waals surface area contributed by atoms with Gasteiger partial charge in [0.1, 0.15) is 6.04 Å². The van der Waals surface area contributed by atoms with Gasteiger partial charge in [-0.2, -0.15) is 0 Å². The van der Waals surface area contributed by atoms with Gasteiger partial charge in [0.25, 0.3) is 11.8 Å². The third-order valence-corrected chi connectivity index (χ3v) is 13.0. The fraction of sp³-hybridized carbons (Fsp3) is 0.476. The Morgan fingerprint density at radius 1 is 0.950 bits per heavy atom. The van der Waals surface area contributed by atoms with Gasteiger partial charge in [-0.25, -0.2) is 23.1 Å². The quantitative estimate of drug-likeness (QED) is 0.188. The van der Waals surface area contributed by atoms with Gasteiger partial charge in [-0.05, 0) is 67.5 Å². The molecular formula is C42H48F2N12O4. The second kappa shape index (κ2) is 14.7. The second-order valence-electron chi connectivity index (χ2n) is 16.8. The number of hydrogen-bond acceptors (Lipinski definition) is 11. The summed E-state index contributed by atoms with van der Waals surface area (Å²) in [5.41, 5.74) is 6.65. The fourth-order valence-corrected chi connectivity index (χ4v) is 9.70. The summed E-state index contributed by atoms with van der Waals surface area (Å²) in [5.74, 6) is -3.25. The third kappa shape index (κ3) is 6.65. The third-order valence-electron chi connectivity index (χ3n) is 13.0. The molecule has 18 heteroatoms. The second-order valence-corrected chi connectivity index (χ2v) is 16.8. The number of halogens is 2. The van der Waals surface area contributed by atoms with Gasteiger partial charge in [-0.1, -0.05) is 12.1 Å². The molecule has 4 aliphatic heterocycles. The van der Waals surface area contributed by atoms with Crippen LogP contribution in [0.4, 0.5) is 31.7 Å². The zero-order valence-corrected chi connectivity index (χ0v) is 33.7. The van der Waals surface area contributed by atoms with E-state index in [2.05, 4.69) is 30.7 Å². The predicted molar refractivity (Wildman–Crippen MR) is 221 cm³/mol. The summed E-state index contributed by atoms with van der Waals surface area (Å²) >= 11 is 0. The van der Waals surface area contributed by atoms with Crippen LogP contribution < -0.4 is 31.4 Å². The Morgan fingerprint density at radius 3 is 2.52 bits per heavy atom. The largest absolute Gasteiger partial charge is 0.385 e. The molecule has 3 saturated heterocycles. The highest BCUT2D eigenvalue weighted by atomic mass is 19.3. The Bertz CT molecular complexity index is 2610. The summed E-state index contributed by atoms with van der Waals surface area (Å²) in [7, 11) is 3.48. The van der Waals surface area contributed by atoms with Gasteiger partial charge >= 0.3 is 5.69 Å². The molecule has 10 rings (SSSR count). The maximum Gasteiger partial charge on any atom is 0.329 e. The number of carbonyl (C=O) groups excluding carboxylic acids is 3. The van der Waals surface area contributed by atoms with Crippen LogP contribution in [0.1, 0.15) is 59.8 Å². The summed E-state index contributed by atoms with van der Waals surface area (Å²) in [6.07, 6.45) is 5.03. The topological polar surface area (TPSA) is 157 Å². The number of piperazine rings is 1. The Labute approximate surface area is 344 Å². The molecule has 3 N–H and O–H groups in total. The van der Waals surface area contributed by atoms with E-state index < -0.39 is 23.9 Å². The van der Waals surface area contributed by atoms with Crippen LogP contribution in [0.5, 0.6) is 0 Å². The minimum Gasteiger partial charge on any atom is -0.385 e. The molecule has 7 heterocycles. The lowest BCUT2D eigenvalue weighted by Crippen LogP contribution is -2.61. The van der Waals surface area contributed by atoms with E-state index in [0.717, 1.165) is 47.5 Å². The maximum atomic E-state index is 16.1. The summed E-state index contributed by atoms with van der Waals surface area (Å²) in [5, 5.41) is 13.5. The number of aromatic nitrogens is 5. The number of amides is 3. The molecular weight excluding hydrogens is 775 g/mol. The van der Waals surface area contributed by atoms with Gasteiger partial charge in [0.2, 0.25) is 11.8 Å². The monoisotopic (exact) mass is 822 g/mol. The van der Waals surface area contributed by atoms with E-state index in [1.54, 1.807) is 17.8 Å². The number of carbonyl (C=O) groups is 3. The van der Waals surface area contributed by atoms with Crippen LogP contribution in [-0.2, 0) is 29.6 Å². The number of rotatable bonds is 9. The molecule has 2 atom stereocenters. The first-order chi connectivity index (χ1) is 29.0. The minimum absolute atomic E-state index is 0.168. The molecule has 4 fully saturated rings. The number of alkyl halides is 2. The van der Waals surface area contributed by atoms with Gasteiger partial charge in [0.05, 0.1) is 35.5 Å². The lowest BCUT2D eigenvalue weighted by Gasteiger charge is -2.46. The van der Waals surface area contributed by atoms with Crippen LogP contribution in [0.25, 0.3) is 16.7 Å². The Morgan fingerprint density at radius 2 is 1.77 bits per heavy atom. The highest BCUT2D eigenvalue weighted by molar-refractivity contribution is 6.00. The van der Waals surface area contributed by atoms with Crippen LogP contribution in [0, 0.1) is 0 Å². The Balaban J connectivity index is 0.797. The number of benzene rings is 2. The molecule has 0 radical (unpaired) electrons. The molecule has 3 amide bonds. The van der Waals surface area contributed by atoms with Gasteiger partial charge in [-0.15, -0.1) is 5.10 Å². The van der Waals surface area contributed by atoms with E-state index in [1.807, 2.05) is 59.3 Å². The smallest absolute Gasteiger partial charge is 0.329 e. The van der Waals surface area contributed by atoms with Crippen molar-refractivity contribution in [1.82, 2.24) is 44.2 Å². The molecule has 60 heavy (non-hydrogen) atoms. The van der Waals surface area contributed by atoms with E-state index >= 15 is 8.78 Å². The van der Waals surface area contributed by atoms with Gasteiger partial charge in [0, 0.05) is 89.8 Å². The van der Waals surface area contributed by atoms with Crippen molar-refractivity contribution in [2.75, 3.05) is 68.0 Å². The number of nitrogens with one attached hydrogen (secondary N) is 3. The highest BCUT2D eigenvalue weighted by Gasteiger charge is 2.48. The molecule has 2 aromatic carbocycles. The molecule has 2 unspecified atom stereocenters. The summed E-state index contributed by atoms with van der Waals surface area (Å²) in [6.45, 7) is 3.40. The van der Waals surface area contributed by atoms with E-state index in [-0.39, 0.29) is 42.9 Å². The lowest BCUT2D eigenvalue weighted by atomic mass is 9.96. The highest BCUT2D eigenvalue weighted by Crippen LogP contribution is 2.39. The van der Waals surface area contributed by atoms with Crippen molar-refractivity contribution < 1.29 is 23.2 Å². The van der Waals surface area contributed by atoms with Crippen molar-refractivity contribution in [2.45, 2.75) is 69.1 Å². The number of nitrogens with zero attached hydrogens (tertiary/aromatic N) is 9. The van der Waals surface area contributed by atoms with Gasteiger partial charge in [0.15, 0.2) is 17.2 Å². The normalized spacial score (nSPS) is 22.4. The number of anilines is 4. The van der Waals surface area contributed by atoms with Crippen molar-refractivity contribution >= 4 is 57.3 Å². The first-order valence-electron chi connectivity index (χ1n) is 20.9. The van der Waals surface area contributed by atoms with E-state index in [1.165, 1.54) is 9.13 Å². The van der Waals surface area contributed by atoms with Crippen LogP contribution in [-0.4, -0.2) is 122 Å². The standard InChI is InChI=1S/C42H48F2N12O4/c1-45-29-21-36(49-56-34(22-46-38(29)56)40(59)47-26-6-7-26)54-15-12-28-25(4-3-5-30(28)54)23-51-14-13-35(42(43,44)24-51)53-18-16-52(17-19-53)27-8-9-31-33(20-27)50(2)41(60)55(31)32-10-11-37(57)48-39(32)58/h3-5,8-9,20-22,26,32,35,45H,6-7,10-19,23-24H2,1-2H3,(H,47,59)(H,48,57,58). The van der Waals surface area contributed by atoms with Crippen molar-refractivity contribution in [3.05, 3.63) is 76.0 Å². The van der Waals surface area contributed by atoms with Crippen molar-refractivity contribution in [3.63, 3.8) is 0 Å². The number of imide groups is 1. The summed E-state index contributed by atoms with van der Waals surface area (Å²) < 4.78 is 36.9. The Kier molecular flexibility index (Phi) is 9.38. The van der Waals surface area contributed by atoms with Crippen LogP contribution in [0.15, 0.2) is 53.5 Å². The molecule has 0 bridgehead atoms. The lowest BCUT2D eigenvalue weighted by molar-refractivity contribution is -0.135. The van der Waals surface area contributed by atoms with Crippen LogP contribution >= 0.6 is 0 Å². The summed E-state index contributed by atoms with van der Waals surface area (Å²) in [6, 6.07) is 12.2. The van der Waals surface area contributed by atoms with Gasteiger partial charge < -0.3 is 20.4 Å². The van der Waals surface area contributed by atoms with E-state index in [9.17, 15) is 19.2 Å². The SMILES string of the molecule is CNc1cc(N2CCc3c(CN4CCC(N5CCN(c6ccc7c(c6)n(C)c(=O)n7C6CCC(=O)NC6=O)CC5)C(F)(F)C4)cccc32)nn2c(C(=O)NC3CC3)cnc12. The number of piperidine rings is 2. The average Bonchev–Trinajstić information content (AvgIpc) is 3.66. The molecule has 16 nitrogen and oxygen atoms in total. The summed E-state index contributed by atoms with van der Waals surface area (Å²) in [4.78, 5) is 63.2. The number of fused-ring (bicyclic) bond motifs is 3. The number of likely N-dealkylation sites (tertiary alicyclic amines) is 1. The van der Waals surface area contributed by atoms with E-state index in [4.69, 9.17) is 5.10 Å². The molecule has 1 saturated carbocycles. The van der Waals surface area contributed by atoms with Crippen molar-refractivity contribution in [2.24, 2.45) is 7.05 Å². The predicted octanol–water partition coefficient (Wildman–Crippen LogP) is 3.02. The average molecular weight is 823 g/mol. The van der Waals surface area contributed by atoms with Crippen molar-refractivity contribution in [1.29, 1.82) is 0 Å². The first kappa shape index (κ1) is 38.3. The van der Waals surface area contributed by atoms with Crippen LogP contribution in [0.3, 0.4) is 0 Å². The molecule has 3 aromatic heterocycles. The van der Waals surface area contributed by atoms with Crippen LogP contribution in [0.2, 0.25) is 0 Å². The number of aryl methyl sites for hydroxylation is 1. The number of hydrogen-bond donors (Lipinski definition) is 3. The fourth-order valence-electron chi connectivity index (χ4n) is 9.70. The number of imidazole rings is 2. The maximum absolute atomic E-state index is 16.1.